The quantitative estimate of drug-likeness (QED) is 0.757. The fraction of sp³-hybridized carbons (Fsp3) is 0.529. The highest BCUT2D eigenvalue weighted by atomic mass is 16.5. The van der Waals surface area contributed by atoms with E-state index in [0.29, 0.717) is 19.5 Å². The highest BCUT2D eigenvalue weighted by molar-refractivity contribution is 5.80. The van der Waals surface area contributed by atoms with Gasteiger partial charge in [0, 0.05) is 13.1 Å². The zero-order chi connectivity index (χ0) is 16.0. The molecule has 1 aromatic rings. The Kier molecular flexibility index (Phi) is 6.40. The van der Waals surface area contributed by atoms with E-state index in [1.165, 1.54) is 7.11 Å². The van der Waals surface area contributed by atoms with Crippen LogP contribution < -0.4 is 0 Å². The Hall–Kier alpha value is -1.84. The molecule has 1 amide bonds. The average molecular weight is 291 g/mol. The SMILES string of the molecule is CCN(CC(C)C(=O)OC)C(=O)Cc1cc(C)ccc1C. The van der Waals surface area contributed by atoms with Gasteiger partial charge in [0.2, 0.25) is 5.91 Å². The lowest BCUT2D eigenvalue weighted by Crippen LogP contribution is -2.38. The van der Waals surface area contributed by atoms with Crippen molar-refractivity contribution in [2.24, 2.45) is 5.92 Å². The predicted molar refractivity (Wildman–Crippen MR) is 83.1 cm³/mol. The molecule has 0 spiro atoms. The van der Waals surface area contributed by atoms with Gasteiger partial charge < -0.3 is 9.64 Å². The zero-order valence-corrected chi connectivity index (χ0v) is 13.6. The second kappa shape index (κ2) is 7.81. The van der Waals surface area contributed by atoms with E-state index in [4.69, 9.17) is 4.74 Å². The largest absolute Gasteiger partial charge is 0.469 e. The van der Waals surface area contributed by atoms with Crippen LogP contribution >= 0.6 is 0 Å². The summed E-state index contributed by atoms with van der Waals surface area (Å²) in [6.45, 7) is 8.71. The van der Waals surface area contributed by atoms with Crippen molar-refractivity contribution in [2.75, 3.05) is 20.2 Å². The van der Waals surface area contributed by atoms with Crippen molar-refractivity contribution in [1.29, 1.82) is 0 Å². The molecule has 21 heavy (non-hydrogen) atoms. The fourth-order valence-electron chi connectivity index (χ4n) is 2.28. The minimum atomic E-state index is -0.308. The van der Waals surface area contributed by atoms with Crippen LogP contribution in [0.2, 0.25) is 0 Å². The maximum atomic E-state index is 12.4. The molecule has 0 saturated carbocycles. The Labute approximate surface area is 127 Å². The van der Waals surface area contributed by atoms with E-state index in [1.807, 2.05) is 39.0 Å². The Morgan fingerprint density at radius 1 is 1.29 bits per heavy atom. The van der Waals surface area contributed by atoms with Gasteiger partial charge in [0.15, 0.2) is 0 Å². The number of methoxy groups -OCH3 is 1. The maximum absolute atomic E-state index is 12.4. The maximum Gasteiger partial charge on any atom is 0.310 e. The number of rotatable bonds is 6. The summed E-state index contributed by atoms with van der Waals surface area (Å²) in [5.41, 5.74) is 3.31. The molecule has 0 aromatic heterocycles. The standard InChI is InChI=1S/C17H25NO3/c1-6-18(11-14(4)17(20)21-5)16(19)10-15-9-12(2)7-8-13(15)3/h7-9,14H,6,10-11H2,1-5H3. The van der Waals surface area contributed by atoms with Crippen LogP contribution in [0.4, 0.5) is 0 Å². The second-order valence-electron chi connectivity index (χ2n) is 5.46. The van der Waals surface area contributed by atoms with Gasteiger partial charge in [0.25, 0.3) is 0 Å². The van der Waals surface area contributed by atoms with Crippen molar-refractivity contribution in [3.8, 4) is 0 Å². The summed E-state index contributed by atoms with van der Waals surface area (Å²) in [4.78, 5) is 25.6. The van der Waals surface area contributed by atoms with Crippen LogP contribution in [0.25, 0.3) is 0 Å². The number of amides is 1. The molecule has 0 heterocycles. The van der Waals surface area contributed by atoms with Gasteiger partial charge in [-0.05, 0) is 31.9 Å². The predicted octanol–water partition coefficient (Wildman–Crippen LogP) is 2.50. The van der Waals surface area contributed by atoms with Gasteiger partial charge in [-0.1, -0.05) is 30.7 Å². The molecule has 1 unspecified atom stereocenters. The van der Waals surface area contributed by atoms with Crippen molar-refractivity contribution < 1.29 is 14.3 Å². The smallest absolute Gasteiger partial charge is 0.310 e. The minimum Gasteiger partial charge on any atom is -0.469 e. The topological polar surface area (TPSA) is 46.6 Å². The zero-order valence-electron chi connectivity index (χ0n) is 13.6. The van der Waals surface area contributed by atoms with Crippen molar-refractivity contribution in [1.82, 2.24) is 4.90 Å². The van der Waals surface area contributed by atoms with Gasteiger partial charge in [-0.25, -0.2) is 0 Å². The second-order valence-corrected chi connectivity index (χ2v) is 5.46. The molecule has 4 heteroatoms. The average Bonchev–Trinajstić information content (AvgIpc) is 2.47. The minimum absolute atomic E-state index is 0.0435. The summed E-state index contributed by atoms with van der Waals surface area (Å²) in [5.74, 6) is -0.549. The molecule has 1 aromatic carbocycles. The number of nitrogens with zero attached hydrogens (tertiary/aromatic N) is 1. The molecule has 1 atom stereocenters. The van der Waals surface area contributed by atoms with Crippen LogP contribution in [0.1, 0.15) is 30.5 Å². The van der Waals surface area contributed by atoms with Gasteiger partial charge in [0.1, 0.15) is 0 Å². The number of likely N-dealkylation sites (N-methyl/N-ethyl adjacent to an activating group) is 1. The van der Waals surface area contributed by atoms with Gasteiger partial charge in [0.05, 0.1) is 19.4 Å². The number of carbonyl (C=O) groups is 2. The van der Waals surface area contributed by atoms with Gasteiger partial charge in [-0.2, -0.15) is 0 Å². The third kappa shape index (κ3) is 4.88. The molecule has 0 N–H and O–H groups in total. The first-order valence-electron chi connectivity index (χ1n) is 7.30. The lowest BCUT2D eigenvalue weighted by atomic mass is 10.0. The van der Waals surface area contributed by atoms with E-state index >= 15 is 0 Å². The molecule has 116 valence electrons. The lowest BCUT2D eigenvalue weighted by molar-refractivity contribution is -0.146. The van der Waals surface area contributed by atoms with Crippen LogP contribution in [0.3, 0.4) is 0 Å². The summed E-state index contributed by atoms with van der Waals surface area (Å²) in [7, 11) is 1.37. The molecule has 0 saturated heterocycles. The van der Waals surface area contributed by atoms with Gasteiger partial charge in [-0.3, -0.25) is 9.59 Å². The van der Waals surface area contributed by atoms with Crippen LogP contribution in [-0.4, -0.2) is 37.0 Å². The number of carbonyl (C=O) groups excluding carboxylic acids is 2. The molecule has 0 bridgehead atoms. The van der Waals surface area contributed by atoms with E-state index < -0.39 is 0 Å². The first-order chi connectivity index (χ1) is 9.88. The highest BCUT2D eigenvalue weighted by Gasteiger charge is 2.20. The third-order valence-electron chi connectivity index (χ3n) is 3.68. The molecule has 0 aliphatic rings. The molecular weight excluding hydrogens is 266 g/mol. The van der Waals surface area contributed by atoms with Gasteiger partial charge >= 0.3 is 5.97 Å². The van der Waals surface area contributed by atoms with Crippen LogP contribution in [-0.2, 0) is 20.7 Å². The summed E-state index contributed by atoms with van der Waals surface area (Å²) >= 11 is 0. The molecule has 0 radical (unpaired) electrons. The molecular formula is C17H25NO3. The van der Waals surface area contributed by atoms with Crippen LogP contribution in [0, 0.1) is 19.8 Å². The van der Waals surface area contributed by atoms with E-state index in [9.17, 15) is 9.59 Å². The van der Waals surface area contributed by atoms with Crippen molar-refractivity contribution in [2.45, 2.75) is 34.1 Å². The summed E-state index contributed by atoms with van der Waals surface area (Å²) < 4.78 is 4.71. The van der Waals surface area contributed by atoms with Crippen LogP contribution in [0.15, 0.2) is 18.2 Å². The summed E-state index contributed by atoms with van der Waals surface area (Å²) in [5, 5.41) is 0. The van der Waals surface area contributed by atoms with E-state index in [1.54, 1.807) is 11.8 Å². The molecule has 0 aliphatic heterocycles. The lowest BCUT2D eigenvalue weighted by Gasteiger charge is -2.24. The number of benzene rings is 1. The van der Waals surface area contributed by atoms with Crippen molar-refractivity contribution in [3.63, 3.8) is 0 Å². The molecule has 0 fully saturated rings. The van der Waals surface area contributed by atoms with Gasteiger partial charge in [-0.15, -0.1) is 0 Å². The number of esters is 1. The number of aryl methyl sites for hydroxylation is 2. The Bertz CT molecular complexity index is 511. The third-order valence-corrected chi connectivity index (χ3v) is 3.68. The summed E-state index contributed by atoms with van der Waals surface area (Å²) in [6.07, 6.45) is 0.370. The monoisotopic (exact) mass is 291 g/mol. The normalized spacial score (nSPS) is 11.9. The Balaban J connectivity index is 2.75. The van der Waals surface area contributed by atoms with E-state index in [2.05, 4.69) is 0 Å². The highest BCUT2D eigenvalue weighted by Crippen LogP contribution is 2.13. The first-order valence-corrected chi connectivity index (χ1v) is 7.30. The van der Waals surface area contributed by atoms with Crippen LogP contribution in [0.5, 0.6) is 0 Å². The molecule has 0 aliphatic carbocycles. The molecule has 4 nitrogen and oxygen atoms in total. The number of ether oxygens (including phenoxy) is 1. The van der Waals surface area contributed by atoms with E-state index in [0.717, 1.165) is 16.7 Å². The van der Waals surface area contributed by atoms with Crippen molar-refractivity contribution >= 4 is 11.9 Å². The molecule has 1 rings (SSSR count). The van der Waals surface area contributed by atoms with E-state index in [-0.39, 0.29) is 17.8 Å². The van der Waals surface area contributed by atoms with Crippen molar-refractivity contribution in [3.05, 3.63) is 34.9 Å². The Morgan fingerprint density at radius 2 is 1.95 bits per heavy atom. The number of hydrogen-bond acceptors (Lipinski definition) is 3. The number of hydrogen-bond donors (Lipinski definition) is 0. The first kappa shape index (κ1) is 17.2. The Morgan fingerprint density at radius 3 is 2.52 bits per heavy atom. The fourth-order valence-corrected chi connectivity index (χ4v) is 2.28. The summed E-state index contributed by atoms with van der Waals surface area (Å²) in [6, 6.07) is 6.12.